The number of aromatic carboxylic acids is 1. The highest BCUT2D eigenvalue weighted by Gasteiger charge is 2.16. The van der Waals surface area contributed by atoms with E-state index in [4.69, 9.17) is 5.11 Å². The molecule has 0 aliphatic carbocycles. The van der Waals surface area contributed by atoms with Gasteiger partial charge >= 0.3 is 5.97 Å². The minimum Gasteiger partial charge on any atom is -0.477 e. The summed E-state index contributed by atoms with van der Waals surface area (Å²) in [5.74, 6) is -0.943. The third kappa shape index (κ3) is 3.32. The number of aryl methyl sites for hydroxylation is 2. The Bertz CT molecular complexity index is 834. The van der Waals surface area contributed by atoms with E-state index in [0.29, 0.717) is 22.9 Å². The van der Waals surface area contributed by atoms with Crippen molar-refractivity contribution in [3.8, 4) is 10.7 Å². The summed E-state index contributed by atoms with van der Waals surface area (Å²) in [4.78, 5) is 15.7. The summed E-state index contributed by atoms with van der Waals surface area (Å²) < 4.78 is 1.84. The van der Waals surface area contributed by atoms with Crippen LogP contribution in [0.1, 0.15) is 33.4 Å². The highest BCUT2D eigenvalue weighted by molar-refractivity contribution is 7.17. The van der Waals surface area contributed by atoms with Gasteiger partial charge in [0.25, 0.3) is 0 Å². The van der Waals surface area contributed by atoms with Crippen molar-refractivity contribution in [1.82, 2.24) is 14.8 Å². The average molecular weight is 327 g/mol. The minimum atomic E-state index is -0.943. The van der Waals surface area contributed by atoms with Crippen molar-refractivity contribution in [2.75, 3.05) is 0 Å². The van der Waals surface area contributed by atoms with Crippen LogP contribution in [-0.2, 0) is 13.0 Å². The summed E-state index contributed by atoms with van der Waals surface area (Å²) in [5.41, 5.74) is 3.73. The molecule has 0 spiro atoms. The molecule has 6 heteroatoms. The number of carboxylic acids is 1. The molecule has 0 fully saturated rings. The lowest BCUT2D eigenvalue weighted by molar-refractivity contribution is 0.0701. The molecule has 0 radical (unpaired) electrons. The van der Waals surface area contributed by atoms with Gasteiger partial charge in [0.15, 0.2) is 0 Å². The first-order chi connectivity index (χ1) is 11.1. The number of carboxylic acid groups (broad SMARTS) is 1. The van der Waals surface area contributed by atoms with E-state index in [1.54, 1.807) is 6.92 Å². The smallest absolute Gasteiger partial charge is 0.347 e. The Balaban J connectivity index is 1.79. The quantitative estimate of drug-likeness (QED) is 0.777. The Kier molecular flexibility index (Phi) is 4.25. The van der Waals surface area contributed by atoms with Crippen molar-refractivity contribution >= 4 is 17.3 Å². The van der Waals surface area contributed by atoms with Gasteiger partial charge in [0.05, 0.1) is 12.2 Å². The first-order valence-corrected chi connectivity index (χ1v) is 8.21. The molecule has 0 aliphatic heterocycles. The van der Waals surface area contributed by atoms with Crippen molar-refractivity contribution in [2.45, 2.75) is 26.8 Å². The standard InChI is InChI=1S/C17H17N3O2S/c1-3-12-4-6-13(7-5-12)10-20-9-8-14(19-20)16-18-11(2)15(23-16)17(21)22/h4-9H,3,10H2,1-2H3,(H,21,22). The van der Waals surface area contributed by atoms with Crippen LogP contribution in [0.3, 0.4) is 0 Å². The molecular weight excluding hydrogens is 310 g/mol. The third-order valence-corrected chi connectivity index (χ3v) is 4.79. The molecule has 0 saturated heterocycles. The predicted octanol–water partition coefficient (Wildman–Crippen LogP) is 3.62. The SMILES string of the molecule is CCc1ccc(Cn2ccc(-c3nc(C)c(C(=O)O)s3)n2)cc1. The van der Waals surface area contributed by atoms with E-state index in [1.165, 1.54) is 11.1 Å². The molecule has 3 rings (SSSR count). The van der Waals surface area contributed by atoms with E-state index in [9.17, 15) is 4.79 Å². The number of rotatable bonds is 5. The maximum absolute atomic E-state index is 11.1. The van der Waals surface area contributed by atoms with Gasteiger partial charge in [-0.2, -0.15) is 5.10 Å². The van der Waals surface area contributed by atoms with Crippen molar-refractivity contribution in [3.05, 3.63) is 58.2 Å². The van der Waals surface area contributed by atoms with Crippen molar-refractivity contribution in [2.24, 2.45) is 0 Å². The molecule has 2 heterocycles. The zero-order chi connectivity index (χ0) is 16.4. The number of aromatic nitrogens is 3. The molecule has 5 nitrogen and oxygen atoms in total. The van der Waals surface area contributed by atoms with Crippen LogP contribution in [0.15, 0.2) is 36.5 Å². The molecule has 0 amide bonds. The van der Waals surface area contributed by atoms with Gasteiger partial charge in [-0.25, -0.2) is 9.78 Å². The second-order valence-corrected chi connectivity index (χ2v) is 6.31. The summed E-state index contributed by atoms with van der Waals surface area (Å²) in [5, 5.41) is 14.3. The summed E-state index contributed by atoms with van der Waals surface area (Å²) in [6.07, 6.45) is 2.92. The highest BCUT2D eigenvalue weighted by Crippen LogP contribution is 2.26. The predicted molar refractivity (Wildman–Crippen MR) is 90.0 cm³/mol. The average Bonchev–Trinajstić information content (AvgIpc) is 3.14. The number of carbonyl (C=O) groups is 1. The van der Waals surface area contributed by atoms with Gasteiger partial charge in [0.2, 0.25) is 0 Å². The van der Waals surface area contributed by atoms with Gasteiger partial charge in [-0.1, -0.05) is 31.2 Å². The zero-order valence-electron chi connectivity index (χ0n) is 13.0. The number of hydrogen-bond donors (Lipinski definition) is 1. The minimum absolute atomic E-state index is 0.268. The van der Waals surface area contributed by atoms with Gasteiger partial charge in [-0.15, -0.1) is 11.3 Å². The summed E-state index contributed by atoms with van der Waals surface area (Å²) in [6.45, 7) is 4.52. The largest absolute Gasteiger partial charge is 0.477 e. The second-order valence-electron chi connectivity index (χ2n) is 5.31. The molecule has 1 N–H and O–H groups in total. The Morgan fingerprint density at radius 1 is 1.22 bits per heavy atom. The third-order valence-electron chi connectivity index (χ3n) is 3.63. The van der Waals surface area contributed by atoms with Gasteiger partial charge in [-0.3, -0.25) is 4.68 Å². The fraction of sp³-hybridized carbons (Fsp3) is 0.235. The molecule has 0 unspecified atom stereocenters. The lowest BCUT2D eigenvalue weighted by Gasteiger charge is -2.03. The molecule has 2 aromatic heterocycles. The molecular formula is C17H17N3O2S. The first-order valence-electron chi connectivity index (χ1n) is 7.39. The Labute approximate surface area is 138 Å². The van der Waals surface area contributed by atoms with Crippen LogP contribution in [0.2, 0.25) is 0 Å². The Hall–Kier alpha value is -2.47. The second kappa shape index (κ2) is 6.34. The Morgan fingerprint density at radius 2 is 1.91 bits per heavy atom. The number of thiazole rings is 1. The number of nitrogens with zero attached hydrogens (tertiary/aromatic N) is 3. The van der Waals surface area contributed by atoms with E-state index in [-0.39, 0.29) is 4.88 Å². The summed E-state index contributed by atoms with van der Waals surface area (Å²) in [6, 6.07) is 10.3. The topological polar surface area (TPSA) is 68.0 Å². The lowest BCUT2D eigenvalue weighted by atomic mass is 10.1. The molecule has 23 heavy (non-hydrogen) atoms. The van der Waals surface area contributed by atoms with Gasteiger partial charge in [0.1, 0.15) is 15.6 Å². The molecule has 0 atom stereocenters. The molecule has 0 aliphatic rings. The fourth-order valence-electron chi connectivity index (χ4n) is 2.34. The highest BCUT2D eigenvalue weighted by atomic mass is 32.1. The molecule has 0 bridgehead atoms. The lowest BCUT2D eigenvalue weighted by Crippen LogP contribution is -2.00. The van der Waals surface area contributed by atoms with Crippen LogP contribution in [-0.4, -0.2) is 25.8 Å². The monoisotopic (exact) mass is 327 g/mol. The summed E-state index contributed by atoms with van der Waals surface area (Å²) >= 11 is 1.16. The van der Waals surface area contributed by atoms with Gasteiger partial charge < -0.3 is 5.11 Å². The Morgan fingerprint density at radius 3 is 2.52 bits per heavy atom. The first kappa shape index (κ1) is 15.4. The molecule has 118 valence electrons. The van der Waals surface area contributed by atoms with Crippen molar-refractivity contribution < 1.29 is 9.90 Å². The maximum Gasteiger partial charge on any atom is 0.347 e. The normalized spacial score (nSPS) is 10.9. The van der Waals surface area contributed by atoms with Crippen LogP contribution in [0.4, 0.5) is 0 Å². The zero-order valence-corrected chi connectivity index (χ0v) is 13.8. The van der Waals surface area contributed by atoms with E-state index in [0.717, 1.165) is 17.8 Å². The molecule has 1 aromatic carbocycles. The summed E-state index contributed by atoms with van der Waals surface area (Å²) in [7, 11) is 0. The fourth-order valence-corrected chi connectivity index (χ4v) is 3.21. The number of hydrogen-bond acceptors (Lipinski definition) is 4. The maximum atomic E-state index is 11.1. The molecule has 0 saturated carbocycles. The molecule has 3 aromatic rings. The van der Waals surface area contributed by atoms with E-state index in [2.05, 4.69) is 41.3 Å². The van der Waals surface area contributed by atoms with Crippen LogP contribution >= 0.6 is 11.3 Å². The van der Waals surface area contributed by atoms with Gasteiger partial charge in [-0.05, 0) is 30.5 Å². The van der Waals surface area contributed by atoms with E-state index < -0.39 is 5.97 Å². The van der Waals surface area contributed by atoms with Crippen LogP contribution in [0.5, 0.6) is 0 Å². The van der Waals surface area contributed by atoms with Gasteiger partial charge in [0, 0.05) is 6.20 Å². The van der Waals surface area contributed by atoms with E-state index in [1.807, 2.05) is 16.9 Å². The van der Waals surface area contributed by atoms with Crippen LogP contribution in [0.25, 0.3) is 10.7 Å². The van der Waals surface area contributed by atoms with E-state index >= 15 is 0 Å². The van der Waals surface area contributed by atoms with Crippen LogP contribution < -0.4 is 0 Å². The van der Waals surface area contributed by atoms with Crippen molar-refractivity contribution in [3.63, 3.8) is 0 Å². The van der Waals surface area contributed by atoms with Crippen LogP contribution in [0, 0.1) is 6.92 Å². The number of benzene rings is 1. The van der Waals surface area contributed by atoms with Crippen molar-refractivity contribution in [1.29, 1.82) is 0 Å².